The molecule has 0 saturated heterocycles. The van der Waals surface area contributed by atoms with Crippen LogP contribution in [0.15, 0.2) is 23.8 Å². The topological polar surface area (TPSA) is 12.0 Å². The average molecular weight is 442 g/mol. The molecule has 0 aromatic heterocycles. The highest BCUT2D eigenvalue weighted by Crippen LogP contribution is 2.43. The number of rotatable bonds is 13. The molecule has 3 atom stereocenters. The molecule has 2 heteroatoms. The van der Waals surface area contributed by atoms with Crippen molar-refractivity contribution in [2.45, 2.75) is 149 Å². The Hall–Kier alpha value is -0.495. The molecule has 2 aliphatic carbocycles. The second-order valence-corrected chi connectivity index (χ2v) is 12.0. The van der Waals surface area contributed by atoms with Gasteiger partial charge in [0.05, 0.1) is 0 Å². The Bertz CT molecular complexity index is 555. The molecule has 0 heterocycles. The van der Waals surface area contributed by atoms with E-state index in [1.165, 1.54) is 95.6 Å². The highest BCUT2D eigenvalue weighted by Gasteiger charge is 2.38. The molecule has 2 rings (SSSR count). The second kappa shape index (κ2) is 14.7. The summed E-state index contributed by atoms with van der Waals surface area (Å²) < 4.78 is 0. The molecule has 0 amide bonds. The van der Waals surface area contributed by atoms with E-state index in [9.17, 15) is 0 Å². The van der Waals surface area contributed by atoms with Crippen LogP contribution in [0.3, 0.4) is 0 Å². The molecule has 1 N–H and O–H groups in total. The molecule has 0 spiro atoms. The molecule has 3 unspecified atom stereocenters. The largest absolute Gasteiger partial charge is 0.314 e. The molecule has 2 aliphatic rings. The van der Waals surface area contributed by atoms with Crippen molar-refractivity contribution in [3.8, 4) is 0 Å². The van der Waals surface area contributed by atoms with E-state index in [1.54, 1.807) is 0 Å². The lowest BCUT2D eigenvalue weighted by molar-refractivity contribution is 0.114. The molecule has 0 bridgehead atoms. The first kappa shape index (κ1) is 27.7. The van der Waals surface area contributed by atoms with Gasteiger partial charge in [-0.15, -0.1) is 0 Å². The van der Waals surface area contributed by atoms with Crippen LogP contribution in [0.5, 0.6) is 0 Å². The Morgan fingerprint density at radius 2 is 1.72 bits per heavy atom. The Morgan fingerprint density at radius 1 is 1.03 bits per heavy atom. The molecule has 2 fully saturated rings. The maximum atomic E-state index is 4.13. The minimum Gasteiger partial charge on any atom is -0.314 e. The summed E-state index contributed by atoms with van der Waals surface area (Å²) in [6, 6.07) is 0.794. The Morgan fingerprint density at radius 3 is 2.31 bits per heavy atom. The molecule has 184 valence electrons. The van der Waals surface area contributed by atoms with Crippen molar-refractivity contribution in [3.63, 3.8) is 0 Å². The lowest BCUT2D eigenvalue weighted by Gasteiger charge is -2.44. The number of unbranched alkanes of at least 4 members (excludes halogenated alkanes) is 1. The molecule has 0 aromatic carbocycles. The van der Waals surface area contributed by atoms with Crippen LogP contribution in [-0.2, 0) is 0 Å². The minimum absolute atomic E-state index is 0.425. The number of nitrogens with one attached hydrogen (secondary N) is 1. The van der Waals surface area contributed by atoms with Crippen LogP contribution in [0, 0.1) is 11.8 Å². The molecule has 1 nitrogen and oxygen atoms in total. The number of hydrogen-bond donors (Lipinski definition) is 1. The molecule has 0 radical (unpaired) electrons. The zero-order chi connectivity index (χ0) is 23.4. The SMILES string of the molecule is C/C=C(/C)C/C=C/CC(CNC1CCC1C1CCCCCCC1)B(C)C(C)(C)CCCC. The van der Waals surface area contributed by atoms with Crippen LogP contribution in [0.4, 0.5) is 0 Å². The van der Waals surface area contributed by atoms with Crippen LogP contribution in [0.1, 0.15) is 125 Å². The van der Waals surface area contributed by atoms with Gasteiger partial charge in [-0.1, -0.05) is 121 Å². The van der Waals surface area contributed by atoms with Crippen LogP contribution < -0.4 is 5.32 Å². The highest BCUT2D eigenvalue weighted by molar-refractivity contribution is 6.62. The summed E-state index contributed by atoms with van der Waals surface area (Å²) in [5.41, 5.74) is 1.48. The summed E-state index contributed by atoms with van der Waals surface area (Å²) in [6.45, 7) is 16.3. The first-order valence-corrected chi connectivity index (χ1v) is 14.4. The normalized spacial score (nSPS) is 24.8. The quantitative estimate of drug-likeness (QED) is 0.222. The van der Waals surface area contributed by atoms with E-state index in [4.69, 9.17) is 0 Å². The summed E-state index contributed by atoms with van der Waals surface area (Å²) in [5, 5.41) is 4.55. The van der Waals surface area contributed by atoms with Gasteiger partial charge >= 0.3 is 0 Å². The fourth-order valence-corrected chi connectivity index (χ4v) is 6.18. The van der Waals surface area contributed by atoms with Crippen molar-refractivity contribution in [2.24, 2.45) is 11.8 Å². The van der Waals surface area contributed by atoms with Crippen molar-refractivity contribution in [3.05, 3.63) is 23.8 Å². The van der Waals surface area contributed by atoms with Gasteiger partial charge in [-0.3, -0.25) is 0 Å². The molecule has 2 saturated carbocycles. The standard InChI is InChI=1S/C30H56BN/c1-7-9-23-30(4,5)31(6)27(20-16-15-17-25(3)8-2)24-32-29-22-21-28(29)26-18-13-11-10-12-14-19-26/h8,15-16,26-29,32H,7,9-14,17-24H2,1-6H3/b16-15+,25-8-. The highest BCUT2D eigenvalue weighted by atomic mass is 14.9. The summed E-state index contributed by atoms with van der Waals surface area (Å²) in [7, 11) is 0. The Labute approximate surface area is 202 Å². The first-order chi connectivity index (χ1) is 15.4. The summed E-state index contributed by atoms with van der Waals surface area (Å²) >= 11 is 0. The van der Waals surface area contributed by atoms with Gasteiger partial charge in [0.25, 0.3) is 0 Å². The lowest BCUT2D eigenvalue weighted by Crippen LogP contribution is -2.49. The average Bonchev–Trinajstić information content (AvgIpc) is 2.74. The van der Waals surface area contributed by atoms with Gasteiger partial charge in [-0.25, -0.2) is 0 Å². The van der Waals surface area contributed by atoms with Crippen molar-refractivity contribution in [2.75, 3.05) is 6.54 Å². The fourth-order valence-electron chi connectivity index (χ4n) is 6.18. The van der Waals surface area contributed by atoms with Crippen molar-refractivity contribution in [1.82, 2.24) is 5.32 Å². The van der Waals surface area contributed by atoms with Crippen molar-refractivity contribution < 1.29 is 0 Å². The van der Waals surface area contributed by atoms with Gasteiger partial charge < -0.3 is 5.32 Å². The van der Waals surface area contributed by atoms with Gasteiger partial charge in [0.2, 0.25) is 0 Å². The van der Waals surface area contributed by atoms with E-state index in [2.05, 4.69) is 65.0 Å². The fraction of sp³-hybridized carbons (Fsp3) is 0.867. The zero-order valence-electron chi connectivity index (χ0n) is 22.7. The van der Waals surface area contributed by atoms with Crippen LogP contribution >= 0.6 is 0 Å². The van der Waals surface area contributed by atoms with Crippen LogP contribution in [0.25, 0.3) is 0 Å². The lowest BCUT2D eigenvalue weighted by atomic mass is 9.28. The predicted molar refractivity (Wildman–Crippen MR) is 147 cm³/mol. The molecular weight excluding hydrogens is 385 g/mol. The molecular formula is C30H56BN. The van der Waals surface area contributed by atoms with Crippen LogP contribution in [0.2, 0.25) is 18.0 Å². The molecule has 32 heavy (non-hydrogen) atoms. The van der Waals surface area contributed by atoms with E-state index >= 15 is 0 Å². The van der Waals surface area contributed by atoms with Gasteiger partial charge in [0.1, 0.15) is 6.71 Å². The Balaban J connectivity index is 1.95. The van der Waals surface area contributed by atoms with Crippen LogP contribution in [-0.4, -0.2) is 19.3 Å². The maximum absolute atomic E-state index is 4.13. The zero-order valence-corrected chi connectivity index (χ0v) is 22.7. The minimum atomic E-state index is 0.425. The second-order valence-electron chi connectivity index (χ2n) is 12.0. The van der Waals surface area contributed by atoms with E-state index in [0.29, 0.717) is 5.31 Å². The van der Waals surface area contributed by atoms with E-state index < -0.39 is 0 Å². The third-order valence-electron chi connectivity index (χ3n) is 9.38. The number of hydrogen-bond acceptors (Lipinski definition) is 1. The van der Waals surface area contributed by atoms with Crippen molar-refractivity contribution in [1.29, 1.82) is 0 Å². The first-order valence-electron chi connectivity index (χ1n) is 14.4. The maximum Gasteiger partial charge on any atom is 0.147 e. The van der Waals surface area contributed by atoms with Gasteiger partial charge in [0.15, 0.2) is 0 Å². The smallest absolute Gasteiger partial charge is 0.147 e. The summed E-state index contributed by atoms with van der Waals surface area (Å²) in [5.74, 6) is 2.70. The Kier molecular flexibility index (Phi) is 12.7. The third kappa shape index (κ3) is 9.04. The van der Waals surface area contributed by atoms with Crippen molar-refractivity contribution >= 4 is 6.71 Å². The predicted octanol–water partition coefficient (Wildman–Crippen LogP) is 9.48. The van der Waals surface area contributed by atoms with E-state index in [0.717, 1.165) is 36.8 Å². The monoisotopic (exact) mass is 441 g/mol. The summed E-state index contributed by atoms with van der Waals surface area (Å²) in [4.78, 5) is 0. The van der Waals surface area contributed by atoms with Gasteiger partial charge in [-0.05, 0) is 63.7 Å². The molecule has 0 aromatic rings. The summed E-state index contributed by atoms with van der Waals surface area (Å²) in [6.07, 6.45) is 26.8. The molecule has 0 aliphatic heterocycles. The number of allylic oxidation sites excluding steroid dienone is 4. The third-order valence-corrected chi connectivity index (χ3v) is 9.38. The van der Waals surface area contributed by atoms with E-state index in [1.807, 2.05) is 0 Å². The van der Waals surface area contributed by atoms with E-state index in [-0.39, 0.29) is 0 Å². The van der Waals surface area contributed by atoms with Gasteiger partial charge in [0, 0.05) is 6.04 Å². The van der Waals surface area contributed by atoms with Gasteiger partial charge in [-0.2, -0.15) is 0 Å².